The Kier molecular flexibility index (Phi) is 4.59. The number of thiophene rings is 1. The average Bonchev–Trinajstić information content (AvgIpc) is 3.01. The zero-order valence-electron chi connectivity index (χ0n) is 10.6. The Bertz CT molecular complexity index is 547. The highest BCUT2D eigenvalue weighted by Gasteiger charge is 2.20. The topological polar surface area (TPSA) is 89.3 Å². The molecule has 0 aromatic carbocycles. The van der Waals surface area contributed by atoms with Crippen molar-refractivity contribution in [3.05, 3.63) is 17.0 Å². The van der Waals surface area contributed by atoms with E-state index < -0.39 is 10.0 Å². The maximum atomic E-state index is 11.6. The van der Waals surface area contributed by atoms with Gasteiger partial charge in [0.15, 0.2) is 0 Å². The van der Waals surface area contributed by atoms with Crippen molar-refractivity contribution in [1.29, 1.82) is 0 Å². The van der Waals surface area contributed by atoms with Gasteiger partial charge in [-0.1, -0.05) is 12.8 Å². The van der Waals surface area contributed by atoms with Gasteiger partial charge in [-0.05, 0) is 30.9 Å². The number of nitrogens with two attached hydrogens (primary N) is 1. The first-order valence-electron chi connectivity index (χ1n) is 6.33. The number of rotatable bonds is 7. The predicted molar refractivity (Wildman–Crippen MR) is 74.4 cm³/mol. The smallest absolute Gasteiger partial charge is 0.247 e. The van der Waals surface area contributed by atoms with E-state index in [9.17, 15) is 13.2 Å². The van der Waals surface area contributed by atoms with Crippen molar-refractivity contribution in [3.8, 4) is 0 Å². The minimum absolute atomic E-state index is 0.0707. The Balaban J connectivity index is 1.73. The van der Waals surface area contributed by atoms with Gasteiger partial charge < -0.3 is 5.32 Å². The summed E-state index contributed by atoms with van der Waals surface area (Å²) in [5, 5.41) is 7.86. The molecule has 1 saturated carbocycles. The number of carbonyl (C=O) groups excluding carboxylic acids is 1. The molecule has 0 saturated heterocycles. The van der Waals surface area contributed by atoms with Crippen molar-refractivity contribution >= 4 is 27.3 Å². The standard InChI is InChI=1S/C12H18N2O3S2/c13-19(16,17)12-6-5-10(18-12)8-11(15)14-7-1-2-9-3-4-9/h5-6,9H,1-4,7-8H2,(H,14,15)(H2,13,16,17). The number of primary sulfonamides is 1. The minimum Gasteiger partial charge on any atom is -0.356 e. The minimum atomic E-state index is -3.65. The molecule has 1 aromatic heterocycles. The first-order chi connectivity index (χ1) is 8.95. The molecule has 0 atom stereocenters. The van der Waals surface area contributed by atoms with Crippen LogP contribution in [0.2, 0.25) is 0 Å². The van der Waals surface area contributed by atoms with Crippen LogP contribution in [0.4, 0.5) is 0 Å². The Labute approximate surface area is 117 Å². The molecule has 1 amide bonds. The molecule has 7 heteroatoms. The molecule has 5 nitrogen and oxygen atoms in total. The monoisotopic (exact) mass is 302 g/mol. The number of hydrogen-bond acceptors (Lipinski definition) is 4. The fraction of sp³-hybridized carbons (Fsp3) is 0.583. The van der Waals surface area contributed by atoms with Crippen molar-refractivity contribution in [3.63, 3.8) is 0 Å². The van der Waals surface area contributed by atoms with Crippen LogP contribution in [0, 0.1) is 5.92 Å². The molecule has 1 aliphatic rings. The van der Waals surface area contributed by atoms with Gasteiger partial charge in [0.25, 0.3) is 0 Å². The summed E-state index contributed by atoms with van der Waals surface area (Å²) in [5.41, 5.74) is 0. The molecule has 0 radical (unpaired) electrons. The van der Waals surface area contributed by atoms with E-state index in [4.69, 9.17) is 5.14 Å². The van der Waals surface area contributed by atoms with Crippen LogP contribution >= 0.6 is 11.3 Å². The van der Waals surface area contributed by atoms with Crippen LogP contribution in [0.3, 0.4) is 0 Å². The molecule has 0 aliphatic heterocycles. The summed E-state index contributed by atoms with van der Waals surface area (Å²) in [5.74, 6) is 0.810. The lowest BCUT2D eigenvalue weighted by atomic mass is 10.2. The predicted octanol–water partition coefficient (Wildman–Crippen LogP) is 1.24. The van der Waals surface area contributed by atoms with Crippen LogP contribution in [-0.2, 0) is 21.2 Å². The van der Waals surface area contributed by atoms with E-state index in [1.807, 2.05) is 0 Å². The lowest BCUT2D eigenvalue weighted by molar-refractivity contribution is -0.120. The number of carbonyl (C=O) groups is 1. The summed E-state index contributed by atoms with van der Waals surface area (Å²) in [4.78, 5) is 12.4. The number of hydrogen-bond donors (Lipinski definition) is 2. The van der Waals surface area contributed by atoms with Crippen LogP contribution in [0.5, 0.6) is 0 Å². The third kappa shape index (κ3) is 4.93. The highest BCUT2D eigenvalue weighted by atomic mass is 32.2. The van der Waals surface area contributed by atoms with E-state index in [0.717, 1.165) is 23.7 Å². The maximum absolute atomic E-state index is 11.6. The quantitative estimate of drug-likeness (QED) is 0.743. The second-order valence-corrected chi connectivity index (χ2v) is 7.83. The first kappa shape index (κ1) is 14.5. The lowest BCUT2D eigenvalue weighted by Crippen LogP contribution is -2.25. The van der Waals surface area contributed by atoms with Gasteiger partial charge in [0, 0.05) is 11.4 Å². The lowest BCUT2D eigenvalue weighted by Gasteiger charge is -2.03. The van der Waals surface area contributed by atoms with Gasteiger partial charge in [-0.15, -0.1) is 11.3 Å². The first-order valence-corrected chi connectivity index (χ1v) is 8.69. The Hall–Kier alpha value is -0.920. The summed E-state index contributed by atoms with van der Waals surface area (Å²) < 4.78 is 22.3. The highest BCUT2D eigenvalue weighted by molar-refractivity contribution is 7.91. The summed E-state index contributed by atoms with van der Waals surface area (Å²) in [6.07, 6.45) is 5.08. The van der Waals surface area contributed by atoms with Crippen LogP contribution in [0.15, 0.2) is 16.3 Å². The number of nitrogens with one attached hydrogen (secondary N) is 1. The van der Waals surface area contributed by atoms with E-state index in [-0.39, 0.29) is 16.5 Å². The number of sulfonamides is 1. The third-order valence-electron chi connectivity index (χ3n) is 3.06. The molecule has 2 rings (SSSR count). The SMILES string of the molecule is NS(=O)(=O)c1ccc(CC(=O)NCCCC2CC2)s1. The molecule has 3 N–H and O–H groups in total. The third-order valence-corrected chi connectivity index (χ3v) is 5.58. The zero-order chi connectivity index (χ0) is 13.9. The van der Waals surface area contributed by atoms with Gasteiger partial charge in [-0.25, -0.2) is 13.6 Å². The van der Waals surface area contributed by atoms with Crippen molar-refractivity contribution in [2.45, 2.75) is 36.3 Å². The fourth-order valence-corrected chi connectivity index (χ4v) is 3.63. The summed E-state index contributed by atoms with van der Waals surface area (Å²) in [6.45, 7) is 0.697. The maximum Gasteiger partial charge on any atom is 0.247 e. The summed E-state index contributed by atoms with van der Waals surface area (Å²) in [7, 11) is -3.65. The van der Waals surface area contributed by atoms with Crippen LogP contribution < -0.4 is 10.5 Å². The van der Waals surface area contributed by atoms with Gasteiger partial charge in [0.1, 0.15) is 4.21 Å². The fourth-order valence-electron chi connectivity index (χ4n) is 1.85. The van der Waals surface area contributed by atoms with Crippen LogP contribution in [-0.4, -0.2) is 20.9 Å². The Morgan fingerprint density at radius 1 is 1.42 bits per heavy atom. The largest absolute Gasteiger partial charge is 0.356 e. The van der Waals surface area contributed by atoms with Gasteiger partial charge in [0.2, 0.25) is 15.9 Å². The van der Waals surface area contributed by atoms with Gasteiger partial charge in [-0.2, -0.15) is 0 Å². The summed E-state index contributed by atoms with van der Waals surface area (Å²) >= 11 is 1.05. The van der Waals surface area contributed by atoms with Crippen LogP contribution in [0.1, 0.15) is 30.6 Å². The molecular formula is C12H18N2O3S2. The molecule has 0 unspecified atom stereocenters. The second kappa shape index (κ2) is 6.02. The Morgan fingerprint density at radius 2 is 2.16 bits per heavy atom. The molecule has 19 heavy (non-hydrogen) atoms. The highest BCUT2D eigenvalue weighted by Crippen LogP contribution is 2.33. The zero-order valence-corrected chi connectivity index (χ0v) is 12.2. The summed E-state index contributed by atoms with van der Waals surface area (Å²) in [6, 6.07) is 3.07. The van der Waals surface area contributed by atoms with Crippen molar-refractivity contribution in [2.75, 3.05) is 6.54 Å². The number of amides is 1. The molecule has 1 aliphatic carbocycles. The van der Waals surface area contributed by atoms with E-state index in [0.29, 0.717) is 11.4 Å². The van der Waals surface area contributed by atoms with Crippen molar-refractivity contribution in [2.24, 2.45) is 11.1 Å². The van der Waals surface area contributed by atoms with E-state index in [1.165, 1.54) is 25.3 Å². The van der Waals surface area contributed by atoms with Gasteiger partial charge in [0.05, 0.1) is 6.42 Å². The van der Waals surface area contributed by atoms with Crippen molar-refractivity contribution in [1.82, 2.24) is 5.32 Å². The van der Waals surface area contributed by atoms with Crippen LogP contribution in [0.25, 0.3) is 0 Å². The van der Waals surface area contributed by atoms with E-state index in [2.05, 4.69) is 5.32 Å². The normalized spacial score (nSPS) is 15.4. The molecule has 1 aromatic rings. The van der Waals surface area contributed by atoms with Gasteiger partial charge >= 0.3 is 0 Å². The van der Waals surface area contributed by atoms with Gasteiger partial charge in [-0.3, -0.25) is 4.79 Å². The molecule has 0 spiro atoms. The molecule has 0 bridgehead atoms. The van der Waals surface area contributed by atoms with E-state index >= 15 is 0 Å². The average molecular weight is 302 g/mol. The Morgan fingerprint density at radius 3 is 2.74 bits per heavy atom. The molecule has 1 heterocycles. The van der Waals surface area contributed by atoms with Crippen molar-refractivity contribution < 1.29 is 13.2 Å². The second-order valence-electron chi connectivity index (χ2n) is 4.88. The van der Waals surface area contributed by atoms with E-state index in [1.54, 1.807) is 6.07 Å². The molecule has 106 valence electrons. The molecular weight excluding hydrogens is 284 g/mol. The molecule has 1 fully saturated rings.